The summed E-state index contributed by atoms with van der Waals surface area (Å²) in [6.07, 6.45) is 3.89. The topological polar surface area (TPSA) is 131 Å². The third-order valence-corrected chi connectivity index (χ3v) is 4.90. The first-order valence-electron chi connectivity index (χ1n) is 10.0. The summed E-state index contributed by atoms with van der Waals surface area (Å²) in [7, 11) is 1.80. The number of carbonyl (C=O) groups excluding carboxylic acids is 1. The lowest BCUT2D eigenvalue weighted by Gasteiger charge is -2.21. The smallest absolute Gasteiger partial charge is 0.307 e. The Hall–Kier alpha value is -4.05. The molecule has 3 N–H and O–H groups in total. The van der Waals surface area contributed by atoms with Crippen LogP contribution in [0.25, 0.3) is 11.4 Å². The van der Waals surface area contributed by atoms with Gasteiger partial charge in [-0.3, -0.25) is 9.48 Å². The molecule has 0 saturated carbocycles. The first kappa shape index (κ1) is 21.2. The van der Waals surface area contributed by atoms with Gasteiger partial charge < -0.3 is 20.2 Å². The number of nitrogens with zero attached hydrogens (tertiary/aromatic N) is 5. The summed E-state index contributed by atoms with van der Waals surface area (Å²) >= 11 is 0. The van der Waals surface area contributed by atoms with Crippen LogP contribution in [0.3, 0.4) is 0 Å². The van der Waals surface area contributed by atoms with Crippen LogP contribution < -0.4 is 10.6 Å². The standard InChI is InChI=1S/C22H23N7O3/c1-13-11-23-22(26-17-9-10-24-29(17)3)28-18(13)16-12-32-21(25-16)20(31)27-19(14(2)30)15-7-5-4-6-8-15/h4-12,14,19,30H,1-3H3,(H,27,31)(H,23,26,28)/t14-,19-/m1/s1. The summed E-state index contributed by atoms with van der Waals surface area (Å²) in [6, 6.07) is 10.4. The minimum absolute atomic E-state index is 0.124. The fourth-order valence-corrected chi connectivity index (χ4v) is 3.21. The minimum atomic E-state index is -0.805. The third-order valence-electron chi connectivity index (χ3n) is 4.90. The van der Waals surface area contributed by atoms with Crippen molar-refractivity contribution in [2.45, 2.75) is 26.0 Å². The highest BCUT2D eigenvalue weighted by Gasteiger charge is 2.24. The third kappa shape index (κ3) is 4.49. The molecule has 1 aromatic carbocycles. The molecule has 164 valence electrons. The van der Waals surface area contributed by atoms with Gasteiger partial charge in [0.15, 0.2) is 0 Å². The van der Waals surface area contributed by atoms with Crippen molar-refractivity contribution in [1.82, 2.24) is 30.0 Å². The van der Waals surface area contributed by atoms with Crippen LogP contribution in [-0.4, -0.2) is 41.9 Å². The minimum Gasteiger partial charge on any atom is -0.440 e. The van der Waals surface area contributed by atoms with Crippen LogP contribution in [0.5, 0.6) is 0 Å². The van der Waals surface area contributed by atoms with Gasteiger partial charge in [-0.05, 0) is 25.0 Å². The number of nitrogens with one attached hydrogen (secondary N) is 2. The molecule has 10 heteroatoms. The second-order valence-electron chi connectivity index (χ2n) is 7.33. The number of aromatic nitrogens is 5. The Balaban J connectivity index is 1.55. The molecule has 0 aliphatic carbocycles. The van der Waals surface area contributed by atoms with E-state index in [9.17, 15) is 9.90 Å². The number of oxazole rings is 1. The molecule has 0 bridgehead atoms. The van der Waals surface area contributed by atoms with E-state index in [1.54, 1.807) is 37.1 Å². The molecule has 1 amide bonds. The van der Waals surface area contributed by atoms with Gasteiger partial charge in [0.05, 0.1) is 18.3 Å². The highest BCUT2D eigenvalue weighted by molar-refractivity contribution is 5.90. The lowest BCUT2D eigenvalue weighted by molar-refractivity contribution is 0.0825. The Morgan fingerprint density at radius 1 is 1.19 bits per heavy atom. The Kier molecular flexibility index (Phi) is 5.95. The summed E-state index contributed by atoms with van der Waals surface area (Å²) in [4.78, 5) is 25.8. The number of hydrogen-bond donors (Lipinski definition) is 3. The van der Waals surface area contributed by atoms with Gasteiger partial charge in [0.2, 0.25) is 5.95 Å². The maximum Gasteiger partial charge on any atom is 0.307 e. The summed E-state index contributed by atoms with van der Waals surface area (Å²) < 4.78 is 7.08. The Bertz CT molecular complexity index is 1220. The average Bonchev–Trinajstić information content (AvgIpc) is 3.43. The second-order valence-corrected chi connectivity index (χ2v) is 7.33. The molecular formula is C22H23N7O3. The van der Waals surface area contributed by atoms with Crippen LogP contribution in [0.4, 0.5) is 11.8 Å². The molecule has 0 unspecified atom stereocenters. The molecule has 4 aromatic rings. The van der Waals surface area contributed by atoms with Crippen molar-refractivity contribution in [2.75, 3.05) is 5.32 Å². The second kappa shape index (κ2) is 8.98. The van der Waals surface area contributed by atoms with Crippen molar-refractivity contribution >= 4 is 17.7 Å². The fraction of sp³-hybridized carbons (Fsp3) is 0.227. The maximum absolute atomic E-state index is 12.7. The largest absolute Gasteiger partial charge is 0.440 e. The number of aliphatic hydroxyl groups excluding tert-OH is 1. The van der Waals surface area contributed by atoms with Crippen molar-refractivity contribution in [3.63, 3.8) is 0 Å². The van der Waals surface area contributed by atoms with E-state index in [0.717, 1.165) is 16.9 Å². The zero-order chi connectivity index (χ0) is 22.7. The van der Waals surface area contributed by atoms with Gasteiger partial charge in [-0.2, -0.15) is 5.10 Å². The summed E-state index contributed by atoms with van der Waals surface area (Å²) in [5, 5.41) is 20.1. The Morgan fingerprint density at radius 3 is 2.66 bits per heavy atom. The number of carbonyl (C=O) groups is 1. The number of aliphatic hydroxyl groups is 1. The lowest BCUT2D eigenvalue weighted by Crippen LogP contribution is -2.35. The molecule has 0 radical (unpaired) electrons. The van der Waals surface area contributed by atoms with Gasteiger partial charge in [0, 0.05) is 19.3 Å². The van der Waals surface area contributed by atoms with Crippen molar-refractivity contribution in [2.24, 2.45) is 7.05 Å². The lowest BCUT2D eigenvalue weighted by atomic mass is 10.0. The van der Waals surface area contributed by atoms with Gasteiger partial charge in [0.25, 0.3) is 5.89 Å². The molecule has 32 heavy (non-hydrogen) atoms. The van der Waals surface area contributed by atoms with E-state index in [-0.39, 0.29) is 5.89 Å². The molecule has 2 atom stereocenters. The van der Waals surface area contributed by atoms with Crippen LogP contribution in [0.1, 0.15) is 34.8 Å². The van der Waals surface area contributed by atoms with Gasteiger partial charge in [-0.25, -0.2) is 15.0 Å². The number of benzene rings is 1. The quantitative estimate of drug-likeness (QED) is 0.405. The van der Waals surface area contributed by atoms with E-state index in [1.165, 1.54) is 6.26 Å². The van der Waals surface area contributed by atoms with E-state index >= 15 is 0 Å². The van der Waals surface area contributed by atoms with Crippen LogP contribution in [0.15, 0.2) is 59.5 Å². The summed E-state index contributed by atoms with van der Waals surface area (Å²) in [5.41, 5.74) is 2.48. The number of hydrogen-bond acceptors (Lipinski definition) is 8. The van der Waals surface area contributed by atoms with E-state index in [2.05, 4.69) is 30.7 Å². The molecule has 4 rings (SSSR count). The number of amides is 1. The van der Waals surface area contributed by atoms with E-state index in [0.29, 0.717) is 17.3 Å². The molecule has 3 heterocycles. The van der Waals surface area contributed by atoms with E-state index < -0.39 is 18.1 Å². The fourth-order valence-electron chi connectivity index (χ4n) is 3.21. The molecule has 0 aliphatic heterocycles. The van der Waals surface area contributed by atoms with Crippen molar-refractivity contribution < 1.29 is 14.3 Å². The van der Waals surface area contributed by atoms with Crippen molar-refractivity contribution in [3.05, 3.63) is 72.1 Å². The first-order valence-corrected chi connectivity index (χ1v) is 10.0. The molecule has 3 aromatic heterocycles. The van der Waals surface area contributed by atoms with Gasteiger partial charge in [-0.15, -0.1) is 0 Å². The zero-order valence-corrected chi connectivity index (χ0v) is 17.9. The van der Waals surface area contributed by atoms with E-state index in [1.807, 2.05) is 37.3 Å². The zero-order valence-electron chi connectivity index (χ0n) is 17.9. The van der Waals surface area contributed by atoms with Crippen LogP contribution in [0, 0.1) is 6.92 Å². The normalized spacial score (nSPS) is 12.9. The average molecular weight is 433 g/mol. The van der Waals surface area contributed by atoms with Gasteiger partial charge in [0.1, 0.15) is 23.5 Å². The molecule has 10 nitrogen and oxygen atoms in total. The molecule has 0 saturated heterocycles. The Labute approximate surface area is 184 Å². The van der Waals surface area contributed by atoms with Crippen molar-refractivity contribution in [3.8, 4) is 11.4 Å². The summed E-state index contributed by atoms with van der Waals surface area (Å²) in [6.45, 7) is 3.45. The number of rotatable bonds is 7. The molecule has 0 aliphatic rings. The SMILES string of the molecule is Cc1cnc(Nc2ccnn2C)nc1-c1coc(C(=O)N[C@@H](c2ccccc2)[C@@H](C)O)n1. The molecule has 0 fully saturated rings. The van der Waals surface area contributed by atoms with Gasteiger partial charge >= 0.3 is 5.91 Å². The Morgan fingerprint density at radius 2 is 1.97 bits per heavy atom. The molecule has 0 spiro atoms. The predicted molar refractivity (Wildman–Crippen MR) is 117 cm³/mol. The van der Waals surface area contributed by atoms with Crippen LogP contribution >= 0.6 is 0 Å². The highest BCUT2D eigenvalue weighted by atomic mass is 16.4. The maximum atomic E-state index is 12.7. The van der Waals surface area contributed by atoms with E-state index in [4.69, 9.17) is 4.42 Å². The summed E-state index contributed by atoms with van der Waals surface area (Å²) in [5.74, 6) is 0.429. The first-order chi connectivity index (χ1) is 15.4. The van der Waals surface area contributed by atoms with Crippen molar-refractivity contribution in [1.29, 1.82) is 0 Å². The highest BCUT2D eigenvalue weighted by Crippen LogP contribution is 2.23. The number of anilines is 2. The number of aryl methyl sites for hydroxylation is 2. The molecular weight excluding hydrogens is 410 g/mol. The van der Waals surface area contributed by atoms with Crippen LogP contribution in [-0.2, 0) is 7.05 Å². The van der Waals surface area contributed by atoms with Gasteiger partial charge in [-0.1, -0.05) is 30.3 Å². The predicted octanol–water partition coefficient (Wildman–Crippen LogP) is 2.77. The van der Waals surface area contributed by atoms with Crippen LogP contribution in [0.2, 0.25) is 0 Å². The monoisotopic (exact) mass is 433 g/mol.